The number of anilines is 1. The van der Waals surface area contributed by atoms with E-state index >= 15 is 0 Å². The van der Waals surface area contributed by atoms with Gasteiger partial charge in [-0.2, -0.15) is 0 Å². The van der Waals surface area contributed by atoms with Gasteiger partial charge < -0.3 is 15.0 Å². The van der Waals surface area contributed by atoms with Crippen LogP contribution in [-0.2, 0) is 17.4 Å². The summed E-state index contributed by atoms with van der Waals surface area (Å²) in [4.78, 5) is 14.9. The van der Waals surface area contributed by atoms with E-state index in [0.717, 1.165) is 12.1 Å². The molecule has 0 radical (unpaired) electrons. The van der Waals surface area contributed by atoms with Crippen molar-refractivity contribution in [2.75, 3.05) is 38.1 Å². The monoisotopic (exact) mass is 449 g/mol. The van der Waals surface area contributed by atoms with E-state index in [1.165, 1.54) is 5.56 Å². The van der Waals surface area contributed by atoms with E-state index in [4.69, 9.17) is 4.74 Å². The van der Waals surface area contributed by atoms with Gasteiger partial charge >= 0.3 is 6.03 Å². The summed E-state index contributed by atoms with van der Waals surface area (Å²) < 4.78 is 20.9. The number of urea groups is 1. The molecule has 1 atom stereocenters. The molecule has 166 valence electrons. The summed E-state index contributed by atoms with van der Waals surface area (Å²) in [5, 5.41) is 2.90. The number of amides is 2. The predicted molar refractivity (Wildman–Crippen MR) is 127 cm³/mol. The Morgan fingerprint density at radius 1 is 0.875 bits per heavy atom. The number of piperazine rings is 1. The summed E-state index contributed by atoms with van der Waals surface area (Å²) in [5.41, 5.74) is 1.99. The predicted octanol–water partition coefficient (Wildman–Crippen LogP) is 4.18. The van der Waals surface area contributed by atoms with Crippen molar-refractivity contribution in [2.45, 2.75) is 11.3 Å². The fourth-order valence-electron chi connectivity index (χ4n) is 3.53. The molecule has 3 aromatic carbocycles. The minimum Gasteiger partial charge on any atom is -0.493 e. The van der Waals surface area contributed by atoms with Crippen molar-refractivity contribution < 1.29 is 13.7 Å². The molecule has 4 rings (SSSR count). The Labute approximate surface area is 191 Å². The number of rotatable bonds is 7. The van der Waals surface area contributed by atoms with E-state index in [1.54, 1.807) is 4.90 Å². The largest absolute Gasteiger partial charge is 0.493 e. The van der Waals surface area contributed by atoms with Crippen molar-refractivity contribution in [1.82, 2.24) is 9.21 Å². The van der Waals surface area contributed by atoms with Crippen LogP contribution >= 0.6 is 0 Å². The SMILES string of the molecule is O=C(Nc1ccccc1)N1CCN(S(=O)c2cccc(OCCc3ccccc3)c2)CC1. The lowest BCUT2D eigenvalue weighted by molar-refractivity contribution is 0.186. The van der Waals surface area contributed by atoms with Crippen molar-refractivity contribution in [3.63, 3.8) is 0 Å². The van der Waals surface area contributed by atoms with Gasteiger partial charge in [-0.1, -0.05) is 54.6 Å². The molecule has 1 heterocycles. The normalized spacial score (nSPS) is 15.2. The van der Waals surface area contributed by atoms with Crippen LogP contribution in [0.1, 0.15) is 5.56 Å². The number of nitrogens with one attached hydrogen (secondary N) is 1. The minimum atomic E-state index is -1.29. The second-order valence-electron chi connectivity index (χ2n) is 7.52. The highest BCUT2D eigenvalue weighted by Gasteiger charge is 2.25. The van der Waals surface area contributed by atoms with Gasteiger partial charge in [-0.15, -0.1) is 0 Å². The molecule has 0 saturated carbocycles. The number of nitrogens with zero attached hydrogens (tertiary/aromatic N) is 2. The lowest BCUT2D eigenvalue weighted by Gasteiger charge is -2.33. The molecule has 1 saturated heterocycles. The number of benzene rings is 3. The molecule has 1 aliphatic rings. The van der Waals surface area contributed by atoms with Gasteiger partial charge in [0, 0.05) is 38.3 Å². The highest BCUT2D eigenvalue weighted by molar-refractivity contribution is 7.82. The van der Waals surface area contributed by atoms with E-state index < -0.39 is 11.0 Å². The van der Waals surface area contributed by atoms with Gasteiger partial charge in [0.05, 0.1) is 11.5 Å². The van der Waals surface area contributed by atoms with Crippen LogP contribution in [0.2, 0.25) is 0 Å². The van der Waals surface area contributed by atoms with Gasteiger partial charge in [-0.3, -0.25) is 0 Å². The summed E-state index contributed by atoms with van der Waals surface area (Å²) in [6, 6.07) is 26.9. The van der Waals surface area contributed by atoms with Crippen LogP contribution in [0.3, 0.4) is 0 Å². The quantitative estimate of drug-likeness (QED) is 0.589. The van der Waals surface area contributed by atoms with Gasteiger partial charge in [-0.25, -0.2) is 13.3 Å². The van der Waals surface area contributed by atoms with Crippen LogP contribution in [0.25, 0.3) is 0 Å². The number of ether oxygens (including phenoxy) is 1. The first-order valence-corrected chi connectivity index (χ1v) is 11.8. The molecule has 0 spiro atoms. The topological polar surface area (TPSA) is 61.9 Å². The Morgan fingerprint density at radius 3 is 2.28 bits per heavy atom. The standard InChI is InChI=1S/C25H27N3O3S/c29-25(26-22-10-5-2-6-11-22)27-15-17-28(18-16-27)32(30)24-13-7-12-23(20-24)31-19-14-21-8-3-1-4-9-21/h1-13,20H,14-19H2,(H,26,29). The third kappa shape index (κ3) is 5.96. The molecular formula is C25H27N3O3S. The number of carbonyl (C=O) groups excluding carboxylic acids is 1. The zero-order valence-electron chi connectivity index (χ0n) is 17.9. The highest BCUT2D eigenvalue weighted by Crippen LogP contribution is 2.20. The Morgan fingerprint density at radius 2 is 1.56 bits per heavy atom. The van der Waals surface area contributed by atoms with Gasteiger partial charge in [0.25, 0.3) is 0 Å². The van der Waals surface area contributed by atoms with Crippen molar-refractivity contribution in [3.05, 3.63) is 90.5 Å². The van der Waals surface area contributed by atoms with Crippen LogP contribution in [0.5, 0.6) is 5.75 Å². The zero-order valence-corrected chi connectivity index (χ0v) is 18.7. The second kappa shape index (κ2) is 10.9. The number of hydrogen-bond acceptors (Lipinski definition) is 3. The summed E-state index contributed by atoms with van der Waals surface area (Å²) in [5.74, 6) is 0.715. The average Bonchev–Trinajstić information content (AvgIpc) is 2.85. The maximum absolute atomic E-state index is 13.1. The smallest absolute Gasteiger partial charge is 0.321 e. The maximum atomic E-state index is 13.1. The molecule has 1 aliphatic heterocycles. The molecule has 0 aromatic heterocycles. The number of hydrogen-bond donors (Lipinski definition) is 1. The molecule has 3 aromatic rings. The van der Waals surface area contributed by atoms with E-state index in [0.29, 0.717) is 43.4 Å². The van der Waals surface area contributed by atoms with Crippen LogP contribution in [0, 0.1) is 0 Å². The van der Waals surface area contributed by atoms with E-state index in [2.05, 4.69) is 17.4 Å². The first-order chi connectivity index (χ1) is 15.7. The second-order valence-corrected chi connectivity index (χ2v) is 9.01. The van der Waals surface area contributed by atoms with E-state index in [-0.39, 0.29) is 6.03 Å². The summed E-state index contributed by atoms with van der Waals surface area (Å²) in [6.45, 7) is 2.71. The molecule has 0 aliphatic carbocycles. The minimum absolute atomic E-state index is 0.129. The molecule has 0 bridgehead atoms. The van der Waals surface area contributed by atoms with Gasteiger partial charge in [0.15, 0.2) is 0 Å². The third-order valence-corrected chi connectivity index (χ3v) is 6.79. The lowest BCUT2D eigenvalue weighted by Crippen LogP contribution is -2.50. The zero-order chi connectivity index (χ0) is 22.2. The molecule has 32 heavy (non-hydrogen) atoms. The van der Waals surface area contributed by atoms with Crippen LogP contribution in [0.15, 0.2) is 89.8 Å². The first kappa shape index (κ1) is 22.0. The summed E-state index contributed by atoms with van der Waals surface area (Å²) >= 11 is 0. The Balaban J connectivity index is 1.27. The highest BCUT2D eigenvalue weighted by atomic mass is 32.2. The number of carbonyl (C=O) groups is 1. The van der Waals surface area contributed by atoms with Gasteiger partial charge in [0.2, 0.25) is 0 Å². The first-order valence-electron chi connectivity index (χ1n) is 10.7. The van der Waals surface area contributed by atoms with Crippen molar-refractivity contribution >= 4 is 22.7 Å². The van der Waals surface area contributed by atoms with E-state index in [1.807, 2.05) is 77.1 Å². The maximum Gasteiger partial charge on any atom is 0.321 e. The molecular weight excluding hydrogens is 422 g/mol. The summed E-state index contributed by atoms with van der Waals surface area (Å²) in [7, 11) is -1.29. The fraction of sp³-hybridized carbons (Fsp3) is 0.240. The average molecular weight is 450 g/mol. The molecule has 1 N–H and O–H groups in total. The van der Waals surface area contributed by atoms with Crippen molar-refractivity contribution in [1.29, 1.82) is 0 Å². The lowest BCUT2D eigenvalue weighted by atomic mass is 10.2. The number of para-hydroxylation sites is 1. The molecule has 2 amide bonds. The molecule has 7 heteroatoms. The fourth-order valence-corrected chi connectivity index (χ4v) is 4.74. The van der Waals surface area contributed by atoms with Crippen molar-refractivity contribution in [2.24, 2.45) is 0 Å². The Kier molecular flexibility index (Phi) is 7.53. The van der Waals surface area contributed by atoms with Crippen molar-refractivity contribution in [3.8, 4) is 5.75 Å². The Hall–Kier alpha value is -3.16. The van der Waals surface area contributed by atoms with E-state index in [9.17, 15) is 9.00 Å². The Bertz CT molecular complexity index is 1040. The molecule has 1 unspecified atom stereocenters. The van der Waals surface area contributed by atoms with Crippen LogP contribution in [-0.4, -0.2) is 52.2 Å². The third-order valence-electron chi connectivity index (χ3n) is 5.29. The summed E-state index contributed by atoms with van der Waals surface area (Å²) in [6.07, 6.45) is 0.821. The molecule has 6 nitrogen and oxygen atoms in total. The van der Waals surface area contributed by atoms with Gasteiger partial charge in [0.1, 0.15) is 16.7 Å². The van der Waals surface area contributed by atoms with Crippen LogP contribution in [0.4, 0.5) is 10.5 Å². The molecule has 1 fully saturated rings. The van der Waals surface area contributed by atoms with Crippen LogP contribution < -0.4 is 10.1 Å². The van der Waals surface area contributed by atoms with Gasteiger partial charge in [-0.05, 0) is 35.9 Å².